The van der Waals surface area contributed by atoms with E-state index >= 15 is 0 Å². The highest BCUT2D eigenvalue weighted by atomic mass is 79.9. The minimum absolute atomic E-state index is 0.225. The summed E-state index contributed by atoms with van der Waals surface area (Å²) in [5.74, 6) is 0.372. The van der Waals surface area contributed by atoms with Crippen molar-refractivity contribution >= 4 is 21.8 Å². The van der Waals surface area contributed by atoms with Crippen LogP contribution in [0.2, 0.25) is 0 Å². The van der Waals surface area contributed by atoms with Crippen LogP contribution in [0.15, 0.2) is 22.7 Å². The van der Waals surface area contributed by atoms with Crippen molar-refractivity contribution in [2.75, 3.05) is 13.7 Å². The second kappa shape index (κ2) is 5.86. The highest BCUT2D eigenvalue weighted by Crippen LogP contribution is 2.22. The maximum atomic E-state index is 11.7. The predicted octanol–water partition coefficient (Wildman–Crippen LogP) is 1.57. The molecule has 88 valence electrons. The molecule has 5 heteroatoms. The molecule has 0 radical (unpaired) electrons. The number of aliphatic hydroxyl groups excluding tert-OH is 1. The van der Waals surface area contributed by atoms with Gasteiger partial charge in [-0.15, -0.1) is 0 Å². The third-order valence-electron chi connectivity index (χ3n) is 1.98. The SMILES string of the molecule is COc1ccc(Br)c(C(=O)NC[C@@H](C)O)c1. The van der Waals surface area contributed by atoms with Gasteiger partial charge in [0.15, 0.2) is 0 Å². The van der Waals surface area contributed by atoms with E-state index in [1.165, 1.54) is 0 Å². The average Bonchev–Trinajstić information content (AvgIpc) is 2.26. The van der Waals surface area contributed by atoms with Gasteiger partial charge in [-0.05, 0) is 41.1 Å². The molecule has 0 aliphatic rings. The van der Waals surface area contributed by atoms with E-state index < -0.39 is 6.10 Å². The first-order valence-corrected chi connectivity index (χ1v) is 5.63. The third kappa shape index (κ3) is 3.50. The Morgan fingerprint density at radius 1 is 1.62 bits per heavy atom. The molecule has 1 rings (SSSR count). The van der Waals surface area contributed by atoms with Crippen molar-refractivity contribution in [1.82, 2.24) is 5.32 Å². The zero-order valence-electron chi connectivity index (χ0n) is 9.16. The first-order chi connectivity index (χ1) is 7.54. The lowest BCUT2D eigenvalue weighted by Crippen LogP contribution is -2.30. The van der Waals surface area contributed by atoms with E-state index in [0.29, 0.717) is 15.8 Å². The van der Waals surface area contributed by atoms with Crippen molar-refractivity contribution in [3.63, 3.8) is 0 Å². The van der Waals surface area contributed by atoms with Crippen LogP contribution >= 0.6 is 15.9 Å². The Bertz CT molecular complexity index is 379. The van der Waals surface area contributed by atoms with Crippen LogP contribution in [0.1, 0.15) is 17.3 Å². The van der Waals surface area contributed by atoms with Gasteiger partial charge < -0.3 is 15.2 Å². The van der Waals surface area contributed by atoms with Gasteiger partial charge in [0.05, 0.1) is 18.8 Å². The Morgan fingerprint density at radius 3 is 2.88 bits per heavy atom. The van der Waals surface area contributed by atoms with E-state index in [9.17, 15) is 4.79 Å². The quantitative estimate of drug-likeness (QED) is 0.884. The summed E-state index contributed by atoms with van der Waals surface area (Å²) >= 11 is 3.29. The summed E-state index contributed by atoms with van der Waals surface area (Å²) in [4.78, 5) is 11.7. The molecule has 0 bridgehead atoms. The number of ether oxygens (including phenoxy) is 1. The molecule has 0 unspecified atom stereocenters. The molecule has 0 aliphatic carbocycles. The normalized spacial score (nSPS) is 12.0. The summed E-state index contributed by atoms with van der Waals surface area (Å²) < 4.78 is 5.73. The molecule has 4 nitrogen and oxygen atoms in total. The number of carbonyl (C=O) groups excluding carboxylic acids is 1. The molecule has 1 atom stereocenters. The topological polar surface area (TPSA) is 58.6 Å². The van der Waals surface area contributed by atoms with Gasteiger partial charge in [-0.1, -0.05) is 0 Å². The summed E-state index contributed by atoms with van der Waals surface area (Å²) in [6.07, 6.45) is -0.562. The molecule has 2 N–H and O–H groups in total. The van der Waals surface area contributed by atoms with E-state index in [-0.39, 0.29) is 12.5 Å². The molecule has 0 saturated heterocycles. The van der Waals surface area contributed by atoms with Crippen LogP contribution in [0.25, 0.3) is 0 Å². The fourth-order valence-electron chi connectivity index (χ4n) is 1.14. The van der Waals surface area contributed by atoms with E-state index in [1.807, 2.05) is 0 Å². The smallest absolute Gasteiger partial charge is 0.252 e. The van der Waals surface area contributed by atoms with Crippen molar-refractivity contribution < 1.29 is 14.6 Å². The number of nitrogens with one attached hydrogen (secondary N) is 1. The average molecular weight is 288 g/mol. The van der Waals surface area contributed by atoms with Crippen LogP contribution in [0.5, 0.6) is 5.75 Å². The standard InChI is InChI=1S/C11H14BrNO3/c1-7(14)6-13-11(15)9-5-8(16-2)3-4-10(9)12/h3-5,7,14H,6H2,1-2H3,(H,13,15)/t7-/m1/s1. The lowest BCUT2D eigenvalue weighted by atomic mass is 10.2. The maximum Gasteiger partial charge on any atom is 0.252 e. The predicted molar refractivity (Wildman–Crippen MR) is 64.7 cm³/mol. The first-order valence-electron chi connectivity index (χ1n) is 4.84. The zero-order valence-corrected chi connectivity index (χ0v) is 10.7. The Kier molecular flexibility index (Phi) is 4.76. The van der Waals surface area contributed by atoms with Crippen molar-refractivity contribution in [1.29, 1.82) is 0 Å². The van der Waals surface area contributed by atoms with E-state index in [0.717, 1.165) is 0 Å². The van der Waals surface area contributed by atoms with Crippen LogP contribution in [0, 0.1) is 0 Å². The summed E-state index contributed by atoms with van der Waals surface area (Å²) in [6.45, 7) is 1.84. The largest absolute Gasteiger partial charge is 0.497 e. The van der Waals surface area contributed by atoms with Crippen molar-refractivity contribution in [2.45, 2.75) is 13.0 Å². The highest BCUT2D eigenvalue weighted by Gasteiger charge is 2.11. The second-order valence-electron chi connectivity index (χ2n) is 3.40. The molecule has 0 fully saturated rings. The number of methoxy groups -OCH3 is 1. The summed E-state index contributed by atoms with van der Waals surface area (Å²) in [5, 5.41) is 11.7. The van der Waals surface area contributed by atoms with Gasteiger partial charge >= 0.3 is 0 Å². The van der Waals surface area contributed by atoms with Crippen molar-refractivity contribution in [3.8, 4) is 5.75 Å². The molecule has 0 spiro atoms. The number of rotatable bonds is 4. The van der Waals surface area contributed by atoms with Crippen LogP contribution < -0.4 is 10.1 Å². The number of benzene rings is 1. The molecule has 0 saturated carbocycles. The van der Waals surface area contributed by atoms with Crippen molar-refractivity contribution in [3.05, 3.63) is 28.2 Å². The van der Waals surface area contributed by atoms with Crippen LogP contribution in [-0.2, 0) is 0 Å². The third-order valence-corrected chi connectivity index (χ3v) is 2.67. The lowest BCUT2D eigenvalue weighted by Gasteiger charge is -2.09. The first kappa shape index (κ1) is 13.0. The Balaban J connectivity index is 2.81. The molecular formula is C11H14BrNO3. The summed E-state index contributed by atoms with van der Waals surface area (Å²) in [6, 6.07) is 5.15. The van der Waals surface area contributed by atoms with Crippen LogP contribution in [0.3, 0.4) is 0 Å². The van der Waals surface area contributed by atoms with Gasteiger partial charge in [-0.2, -0.15) is 0 Å². The molecule has 1 amide bonds. The van der Waals surface area contributed by atoms with Crippen molar-refractivity contribution in [2.24, 2.45) is 0 Å². The minimum Gasteiger partial charge on any atom is -0.497 e. The summed E-state index contributed by atoms with van der Waals surface area (Å²) in [5.41, 5.74) is 0.486. The van der Waals surface area contributed by atoms with E-state index in [4.69, 9.17) is 9.84 Å². The Morgan fingerprint density at radius 2 is 2.31 bits per heavy atom. The number of carbonyl (C=O) groups is 1. The number of amides is 1. The van der Waals surface area contributed by atoms with E-state index in [2.05, 4.69) is 21.2 Å². The molecule has 0 aliphatic heterocycles. The maximum absolute atomic E-state index is 11.7. The number of hydrogen-bond acceptors (Lipinski definition) is 3. The fraction of sp³-hybridized carbons (Fsp3) is 0.364. The Hall–Kier alpha value is -1.07. The molecular weight excluding hydrogens is 274 g/mol. The van der Waals surface area contributed by atoms with E-state index in [1.54, 1.807) is 32.2 Å². The molecule has 1 aromatic carbocycles. The molecule has 0 heterocycles. The van der Waals surface area contributed by atoms with Crippen LogP contribution in [0.4, 0.5) is 0 Å². The van der Waals surface area contributed by atoms with Gasteiger partial charge in [-0.3, -0.25) is 4.79 Å². The minimum atomic E-state index is -0.562. The molecule has 16 heavy (non-hydrogen) atoms. The van der Waals surface area contributed by atoms with Gasteiger partial charge in [0.25, 0.3) is 5.91 Å². The number of halogens is 1. The number of hydrogen-bond donors (Lipinski definition) is 2. The van der Waals surface area contributed by atoms with Gasteiger partial charge in [-0.25, -0.2) is 0 Å². The molecule has 0 aromatic heterocycles. The van der Waals surface area contributed by atoms with Gasteiger partial charge in [0.2, 0.25) is 0 Å². The highest BCUT2D eigenvalue weighted by molar-refractivity contribution is 9.10. The Labute approximate surface area is 103 Å². The molecule has 1 aromatic rings. The van der Waals surface area contributed by atoms with Gasteiger partial charge in [0.1, 0.15) is 5.75 Å². The monoisotopic (exact) mass is 287 g/mol. The van der Waals surface area contributed by atoms with Gasteiger partial charge in [0, 0.05) is 11.0 Å². The fourth-order valence-corrected chi connectivity index (χ4v) is 1.57. The zero-order chi connectivity index (χ0) is 12.1. The lowest BCUT2D eigenvalue weighted by molar-refractivity contribution is 0.0923. The van der Waals surface area contributed by atoms with Crippen LogP contribution in [-0.4, -0.2) is 30.8 Å². The second-order valence-corrected chi connectivity index (χ2v) is 4.26. The summed E-state index contributed by atoms with van der Waals surface area (Å²) in [7, 11) is 1.54. The number of aliphatic hydroxyl groups is 1.